The van der Waals surface area contributed by atoms with Gasteiger partial charge in [-0.1, -0.05) is 0 Å². The topological polar surface area (TPSA) is 81.9 Å². The fourth-order valence-corrected chi connectivity index (χ4v) is 2.00. The molecule has 1 N–H and O–H groups in total. The second-order valence-electron chi connectivity index (χ2n) is 4.78. The van der Waals surface area contributed by atoms with Crippen LogP contribution < -0.4 is 18.9 Å². The highest BCUT2D eigenvalue weighted by molar-refractivity contribution is 5.60. The molecule has 2 aromatic carbocycles. The van der Waals surface area contributed by atoms with Gasteiger partial charge in [0.1, 0.15) is 0 Å². The Hall–Kier alpha value is -3.17. The summed E-state index contributed by atoms with van der Waals surface area (Å²) < 4.78 is 56.3. The number of alkyl halides is 3. The Balaban J connectivity index is 2.36. The zero-order valence-electron chi connectivity index (χ0n) is 14.0. The van der Waals surface area contributed by atoms with Crippen LogP contribution in [-0.2, 0) is 0 Å². The molecule has 0 unspecified atom stereocenters. The van der Waals surface area contributed by atoms with E-state index in [0.717, 1.165) is 0 Å². The lowest BCUT2D eigenvalue weighted by Crippen LogP contribution is -2.18. The molecule has 0 aliphatic carbocycles. The molecule has 0 heterocycles. The van der Waals surface area contributed by atoms with Crippen molar-refractivity contribution in [3.05, 3.63) is 30.3 Å². The molecule has 0 saturated carbocycles. The fourth-order valence-electron chi connectivity index (χ4n) is 2.00. The molecule has 0 aliphatic heterocycles. The zero-order chi connectivity index (χ0) is 19.3. The van der Waals surface area contributed by atoms with Crippen molar-refractivity contribution in [1.29, 1.82) is 0 Å². The summed E-state index contributed by atoms with van der Waals surface area (Å²) in [6.45, 7) is 0. The predicted octanol–water partition coefficient (Wildman–Crippen LogP) is 4.73. The lowest BCUT2D eigenvalue weighted by atomic mass is 10.2. The molecule has 2 rings (SSSR count). The van der Waals surface area contributed by atoms with Crippen LogP contribution >= 0.6 is 0 Å². The van der Waals surface area contributed by atoms with Gasteiger partial charge in [0.15, 0.2) is 23.0 Å². The molecule has 0 aliphatic rings. The summed E-state index contributed by atoms with van der Waals surface area (Å²) in [5.74, 6) is -0.945. The molecular weight excluding hydrogens is 357 g/mol. The zero-order valence-corrected chi connectivity index (χ0v) is 14.0. The summed E-state index contributed by atoms with van der Waals surface area (Å²) in [5.41, 5.74) is 0.459. The summed E-state index contributed by atoms with van der Waals surface area (Å²) in [6, 6.07) is 6.76. The molecule has 0 saturated heterocycles. The molecule has 2 aromatic rings. The standard InChI is InChI=1S/C16H15F3N2O5/c1-23-12-5-4-9(6-11(12)22)20-21-10-7-13(24-2)15(14(8-10)25-3)26-16(17,18)19/h4-8,22H,1-3H3/b21-20+. The number of nitrogens with zero attached hydrogens (tertiary/aromatic N) is 2. The summed E-state index contributed by atoms with van der Waals surface area (Å²) in [6.07, 6.45) is -4.91. The summed E-state index contributed by atoms with van der Waals surface area (Å²) in [7, 11) is 3.76. The van der Waals surface area contributed by atoms with Gasteiger partial charge in [0, 0.05) is 18.2 Å². The Morgan fingerprint density at radius 3 is 1.81 bits per heavy atom. The van der Waals surface area contributed by atoms with Gasteiger partial charge in [-0.05, 0) is 12.1 Å². The SMILES string of the molecule is COc1ccc(/N=N/c2cc(OC)c(OC(F)(F)F)c(OC)c2)cc1O. The van der Waals surface area contributed by atoms with Crippen LogP contribution in [0.25, 0.3) is 0 Å². The first-order valence-corrected chi connectivity index (χ1v) is 7.08. The minimum Gasteiger partial charge on any atom is -0.504 e. The molecule has 0 aromatic heterocycles. The molecule has 7 nitrogen and oxygen atoms in total. The van der Waals surface area contributed by atoms with E-state index in [1.165, 1.54) is 51.7 Å². The molecule has 0 spiro atoms. The molecule has 0 atom stereocenters. The molecule has 0 amide bonds. The maximum atomic E-state index is 12.5. The second-order valence-corrected chi connectivity index (χ2v) is 4.78. The van der Waals surface area contributed by atoms with Gasteiger partial charge < -0.3 is 24.1 Å². The third-order valence-corrected chi connectivity index (χ3v) is 3.11. The number of rotatable bonds is 6. The number of phenols is 1. The molecule has 140 valence electrons. The van der Waals surface area contributed by atoms with Gasteiger partial charge in [0.25, 0.3) is 0 Å². The van der Waals surface area contributed by atoms with Crippen LogP contribution in [0.5, 0.6) is 28.7 Å². The van der Waals surface area contributed by atoms with E-state index in [-0.39, 0.29) is 28.7 Å². The average Bonchev–Trinajstić information content (AvgIpc) is 2.59. The number of ether oxygens (including phenoxy) is 4. The molecule has 10 heteroatoms. The number of methoxy groups -OCH3 is 3. The molecule has 0 radical (unpaired) electrons. The third kappa shape index (κ3) is 4.68. The number of benzene rings is 2. The molecule has 0 fully saturated rings. The van der Waals surface area contributed by atoms with Crippen molar-refractivity contribution >= 4 is 11.4 Å². The second kappa shape index (κ2) is 7.81. The first-order chi connectivity index (χ1) is 12.3. The van der Waals surface area contributed by atoms with Gasteiger partial charge in [0.05, 0.1) is 32.7 Å². The number of halogens is 3. The fraction of sp³-hybridized carbons (Fsp3) is 0.250. The highest BCUT2D eigenvalue weighted by Crippen LogP contribution is 2.44. The normalized spacial score (nSPS) is 11.5. The van der Waals surface area contributed by atoms with Crippen molar-refractivity contribution < 1.29 is 37.2 Å². The van der Waals surface area contributed by atoms with Crippen molar-refractivity contribution in [3.63, 3.8) is 0 Å². The maximum Gasteiger partial charge on any atom is 0.573 e. The van der Waals surface area contributed by atoms with Crippen LogP contribution in [0.15, 0.2) is 40.6 Å². The summed E-state index contributed by atoms with van der Waals surface area (Å²) in [5, 5.41) is 17.5. The third-order valence-electron chi connectivity index (χ3n) is 3.11. The predicted molar refractivity (Wildman–Crippen MR) is 85.1 cm³/mol. The van der Waals surface area contributed by atoms with Gasteiger partial charge in [-0.2, -0.15) is 10.2 Å². The number of aromatic hydroxyl groups is 1. The van der Waals surface area contributed by atoms with E-state index in [1.807, 2.05) is 0 Å². The Morgan fingerprint density at radius 1 is 0.808 bits per heavy atom. The van der Waals surface area contributed by atoms with E-state index in [4.69, 9.17) is 14.2 Å². The Labute approximate surface area is 146 Å². The highest BCUT2D eigenvalue weighted by Gasteiger charge is 2.34. The average molecular weight is 372 g/mol. The van der Waals surface area contributed by atoms with Gasteiger partial charge in [-0.15, -0.1) is 13.2 Å². The van der Waals surface area contributed by atoms with E-state index in [0.29, 0.717) is 5.69 Å². The highest BCUT2D eigenvalue weighted by atomic mass is 19.4. The van der Waals surface area contributed by atoms with E-state index >= 15 is 0 Å². The minimum absolute atomic E-state index is 0.131. The van der Waals surface area contributed by atoms with Gasteiger partial charge in [0.2, 0.25) is 5.75 Å². The summed E-state index contributed by atoms with van der Waals surface area (Å²) >= 11 is 0. The van der Waals surface area contributed by atoms with E-state index in [9.17, 15) is 18.3 Å². The Kier molecular flexibility index (Phi) is 5.75. The van der Waals surface area contributed by atoms with Crippen molar-refractivity contribution in [2.75, 3.05) is 21.3 Å². The number of phenolic OH excluding ortho intramolecular Hbond substituents is 1. The van der Waals surface area contributed by atoms with Crippen LogP contribution in [0.3, 0.4) is 0 Å². The lowest BCUT2D eigenvalue weighted by Gasteiger charge is -2.16. The van der Waals surface area contributed by atoms with Crippen LogP contribution in [0.4, 0.5) is 24.5 Å². The van der Waals surface area contributed by atoms with E-state index < -0.39 is 12.1 Å². The largest absolute Gasteiger partial charge is 0.573 e. The monoisotopic (exact) mass is 372 g/mol. The Morgan fingerprint density at radius 2 is 1.35 bits per heavy atom. The van der Waals surface area contributed by atoms with Crippen molar-refractivity contribution in [2.24, 2.45) is 10.2 Å². The number of azo groups is 1. The number of hydrogen-bond acceptors (Lipinski definition) is 7. The first kappa shape index (κ1) is 19.2. The van der Waals surface area contributed by atoms with Gasteiger partial charge in [-0.3, -0.25) is 0 Å². The van der Waals surface area contributed by atoms with E-state index in [2.05, 4.69) is 15.0 Å². The van der Waals surface area contributed by atoms with Crippen molar-refractivity contribution in [2.45, 2.75) is 6.36 Å². The summed E-state index contributed by atoms with van der Waals surface area (Å²) in [4.78, 5) is 0. The smallest absolute Gasteiger partial charge is 0.504 e. The van der Waals surface area contributed by atoms with Crippen LogP contribution in [-0.4, -0.2) is 32.8 Å². The molecule has 0 bridgehead atoms. The van der Waals surface area contributed by atoms with Crippen molar-refractivity contribution in [3.8, 4) is 28.7 Å². The van der Waals surface area contributed by atoms with Crippen LogP contribution in [0.2, 0.25) is 0 Å². The van der Waals surface area contributed by atoms with Crippen LogP contribution in [0, 0.1) is 0 Å². The lowest BCUT2D eigenvalue weighted by molar-refractivity contribution is -0.275. The molecular formula is C16H15F3N2O5. The van der Waals surface area contributed by atoms with Gasteiger partial charge in [-0.25, -0.2) is 0 Å². The Bertz CT molecular complexity index is 784. The van der Waals surface area contributed by atoms with E-state index in [1.54, 1.807) is 0 Å². The van der Waals surface area contributed by atoms with Gasteiger partial charge >= 0.3 is 6.36 Å². The first-order valence-electron chi connectivity index (χ1n) is 7.08. The van der Waals surface area contributed by atoms with Crippen molar-refractivity contribution in [1.82, 2.24) is 0 Å². The molecule has 26 heavy (non-hydrogen) atoms. The minimum atomic E-state index is -4.91. The van der Waals surface area contributed by atoms with Crippen LogP contribution in [0.1, 0.15) is 0 Å². The quantitative estimate of drug-likeness (QED) is 0.741. The number of hydrogen-bond donors (Lipinski definition) is 1. The maximum absolute atomic E-state index is 12.5.